The van der Waals surface area contributed by atoms with Crippen molar-refractivity contribution in [2.45, 2.75) is 13.0 Å². The molecule has 0 aliphatic carbocycles. The zero-order valence-electron chi connectivity index (χ0n) is 12.8. The molecule has 11 heteroatoms. The van der Waals surface area contributed by atoms with E-state index in [1.165, 1.54) is 6.21 Å². The number of halogens is 4. The zero-order chi connectivity index (χ0) is 18.7. The van der Waals surface area contributed by atoms with E-state index in [4.69, 9.17) is 44.6 Å². The maximum absolute atomic E-state index is 12.8. The Morgan fingerprint density at radius 3 is 2.92 bits per heavy atom. The van der Waals surface area contributed by atoms with E-state index in [1.54, 1.807) is 30.3 Å². The Kier molecular flexibility index (Phi) is 5.70. The second-order valence-electron chi connectivity index (χ2n) is 4.91. The molecule has 0 aliphatic rings. The van der Waals surface area contributed by atoms with Crippen molar-refractivity contribution in [3.63, 3.8) is 0 Å². The van der Waals surface area contributed by atoms with Crippen LogP contribution in [0.2, 0.25) is 10.0 Å². The third-order valence-electron chi connectivity index (χ3n) is 3.12. The van der Waals surface area contributed by atoms with E-state index in [2.05, 4.69) is 15.3 Å². The van der Waals surface area contributed by atoms with Gasteiger partial charge in [-0.2, -0.15) is 14.9 Å². The Balaban J connectivity index is 1.70. The molecule has 26 heavy (non-hydrogen) atoms. The SMILES string of the molecule is FC(F)c1n[nH]c(=S)n1/N=C\c1ccc(COc2cc(Cl)ccc2Cl)o1. The van der Waals surface area contributed by atoms with Crippen LogP contribution in [-0.2, 0) is 6.61 Å². The highest BCUT2D eigenvalue weighted by atomic mass is 35.5. The van der Waals surface area contributed by atoms with Crippen LogP contribution in [0.1, 0.15) is 23.8 Å². The van der Waals surface area contributed by atoms with E-state index in [1.807, 2.05) is 0 Å². The Morgan fingerprint density at radius 1 is 1.35 bits per heavy atom. The summed E-state index contributed by atoms with van der Waals surface area (Å²) < 4.78 is 37.4. The fraction of sp³-hybridized carbons (Fsp3) is 0.133. The van der Waals surface area contributed by atoms with Gasteiger partial charge in [-0.3, -0.25) is 0 Å². The molecule has 0 unspecified atom stereocenters. The predicted molar refractivity (Wildman–Crippen MR) is 94.9 cm³/mol. The molecule has 6 nitrogen and oxygen atoms in total. The molecule has 0 fully saturated rings. The van der Waals surface area contributed by atoms with Crippen molar-refractivity contribution in [3.8, 4) is 5.75 Å². The summed E-state index contributed by atoms with van der Waals surface area (Å²) in [7, 11) is 0. The number of furan rings is 1. The lowest BCUT2D eigenvalue weighted by molar-refractivity contribution is 0.136. The van der Waals surface area contributed by atoms with Crippen molar-refractivity contribution < 1.29 is 17.9 Å². The molecule has 2 heterocycles. The van der Waals surface area contributed by atoms with Gasteiger partial charge in [-0.15, -0.1) is 0 Å². The molecule has 0 bridgehead atoms. The Hall–Kier alpha value is -2.23. The molecule has 3 aromatic rings. The van der Waals surface area contributed by atoms with Gasteiger partial charge < -0.3 is 9.15 Å². The number of aromatic amines is 1. The number of alkyl halides is 2. The van der Waals surface area contributed by atoms with Crippen molar-refractivity contribution in [1.29, 1.82) is 0 Å². The van der Waals surface area contributed by atoms with Crippen LogP contribution in [0.5, 0.6) is 5.75 Å². The highest BCUT2D eigenvalue weighted by Crippen LogP contribution is 2.28. The van der Waals surface area contributed by atoms with E-state index < -0.39 is 12.2 Å². The van der Waals surface area contributed by atoms with Gasteiger partial charge in [0.1, 0.15) is 23.9 Å². The minimum atomic E-state index is -2.82. The van der Waals surface area contributed by atoms with Crippen molar-refractivity contribution in [1.82, 2.24) is 14.9 Å². The summed E-state index contributed by atoms with van der Waals surface area (Å²) in [4.78, 5) is 0. The summed E-state index contributed by atoms with van der Waals surface area (Å²) in [5.74, 6) is 0.630. The molecule has 136 valence electrons. The first-order valence-electron chi connectivity index (χ1n) is 7.10. The highest BCUT2D eigenvalue weighted by molar-refractivity contribution is 7.71. The Labute approximate surface area is 161 Å². The first kappa shape index (κ1) is 18.6. The third kappa shape index (κ3) is 4.29. The maximum Gasteiger partial charge on any atom is 0.299 e. The molecular weight excluding hydrogens is 409 g/mol. The molecule has 3 rings (SSSR count). The van der Waals surface area contributed by atoms with E-state index in [0.29, 0.717) is 27.3 Å². The molecule has 0 saturated heterocycles. The van der Waals surface area contributed by atoms with E-state index in [9.17, 15) is 8.78 Å². The lowest BCUT2D eigenvalue weighted by Crippen LogP contribution is -1.99. The van der Waals surface area contributed by atoms with Crippen LogP contribution in [0.25, 0.3) is 0 Å². The number of ether oxygens (including phenoxy) is 1. The van der Waals surface area contributed by atoms with Crippen LogP contribution in [0.15, 0.2) is 39.9 Å². The fourth-order valence-corrected chi connectivity index (χ4v) is 2.47. The molecule has 2 aromatic heterocycles. The summed E-state index contributed by atoms with van der Waals surface area (Å²) >= 11 is 16.8. The summed E-state index contributed by atoms with van der Waals surface area (Å²) in [5.41, 5.74) is 0. The molecule has 0 spiro atoms. The van der Waals surface area contributed by atoms with Gasteiger partial charge in [0, 0.05) is 11.1 Å². The van der Waals surface area contributed by atoms with Gasteiger partial charge >= 0.3 is 0 Å². The van der Waals surface area contributed by atoms with Crippen molar-refractivity contribution in [2.24, 2.45) is 5.10 Å². The number of aromatic nitrogens is 3. The quantitative estimate of drug-likeness (QED) is 0.438. The highest BCUT2D eigenvalue weighted by Gasteiger charge is 2.16. The van der Waals surface area contributed by atoms with Gasteiger partial charge in [-0.25, -0.2) is 13.9 Å². The van der Waals surface area contributed by atoms with Gasteiger partial charge in [-0.1, -0.05) is 23.2 Å². The number of H-pyrrole nitrogens is 1. The van der Waals surface area contributed by atoms with Crippen LogP contribution < -0.4 is 4.74 Å². The molecular formula is C15H10Cl2F2N4O2S. The number of hydrogen-bond donors (Lipinski definition) is 1. The van der Waals surface area contributed by atoms with Gasteiger partial charge in [0.15, 0.2) is 0 Å². The number of hydrogen-bond acceptors (Lipinski definition) is 5. The Bertz CT molecular complexity index is 1000. The van der Waals surface area contributed by atoms with Gasteiger partial charge in [0.25, 0.3) is 6.43 Å². The first-order chi connectivity index (χ1) is 12.4. The second kappa shape index (κ2) is 7.98. The van der Waals surface area contributed by atoms with Crippen molar-refractivity contribution in [3.05, 3.63) is 62.5 Å². The van der Waals surface area contributed by atoms with Crippen molar-refractivity contribution in [2.75, 3.05) is 0 Å². The van der Waals surface area contributed by atoms with Crippen LogP contribution in [0, 0.1) is 4.77 Å². The average molecular weight is 419 g/mol. The molecule has 0 saturated carbocycles. The normalized spacial score (nSPS) is 11.6. The lowest BCUT2D eigenvalue weighted by atomic mass is 10.3. The van der Waals surface area contributed by atoms with Gasteiger partial charge in [0.2, 0.25) is 10.6 Å². The molecule has 1 aromatic carbocycles. The van der Waals surface area contributed by atoms with Gasteiger partial charge in [0.05, 0.1) is 11.2 Å². The average Bonchev–Trinajstić information content (AvgIpc) is 3.20. The lowest BCUT2D eigenvalue weighted by Gasteiger charge is -2.06. The second-order valence-corrected chi connectivity index (χ2v) is 6.14. The summed E-state index contributed by atoms with van der Waals surface area (Å²) in [5, 5.41) is 10.4. The topological polar surface area (TPSA) is 68.3 Å². The third-order valence-corrected chi connectivity index (χ3v) is 3.93. The largest absolute Gasteiger partial charge is 0.484 e. The number of nitrogens with one attached hydrogen (secondary N) is 1. The first-order valence-corrected chi connectivity index (χ1v) is 8.27. The number of benzene rings is 1. The standard InChI is InChI=1S/C15H10Cl2F2N4O2S/c16-8-1-4-11(17)12(5-8)24-7-10-3-2-9(25-10)6-20-23-14(13(18)19)21-22-15(23)26/h1-6,13H,7H2,(H,22,26)/b20-6-. The summed E-state index contributed by atoms with van der Waals surface area (Å²) in [6, 6.07) is 8.11. The molecule has 0 aliphatic heterocycles. The molecule has 0 radical (unpaired) electrons. The van der Waals surface area contributed by atoms with Crippen molar-refractivity contribution >= 4 is 41.6 Å². The maximum atomic E-state index is 12.8. The van der Waals surface area contributed by atoms with Crippen LogP contribution in [0.4, 0.5) is 8.78 Å². The zero-order valence-corrected chi connectivity index (χ0v) is 15.2. The molecule has 0 amide bonds. The fourth-order valence-electron chi connectivity index (χ4n) is 1.95. The van der Waals surface area contributed by atoms with Gasteiger partial charge in [-0.05, 0) is 36.5 Å². The predicted octanol–water partition coefficient (Wildman–Crippen LogP) is 5.24. The molecule has 1 N–H and O–H groups in total. The minimum absolute atomic E-state index is 0.0535. The minimum Gasteiger partial charge on any atom is -0.484 e. The summed E-state index contributed by atoms with van der Waals surface area (Å²) in [6.07, 6.45) is -1.57. The molecule has 0 atom stereocenters. The summed E-state index contributed by atoms with van der Waals surface area (Å²) in [6.45, 7) is 0.0985. The van der Waals surface area contributed by atoms with Crippen LogP contribution >= 0.6 is 35.4 Å². The van der Waals surface area contributed by atoms with E-state index in [0.717, 1.165) is 4.68 Å². The number of nitrogens with zero attached hydrogens (tertiary/aromatic N) is 3. The monoisotopic (exact) mass is 418 g/mol. The Morgan fingerprint density at radius 2 is 2.15 bits per heavy atom. The van der Waals surface area contributed by atoms with Crippen LogP contribution in [-0.4, -0.2) is 21.1 Å². The van der Waals surface area contributed by atoms with E-state index in [-0.39, 0.29) is 11.4 Å². The number of rotatable bonds is 6. The van der Waals surface area contributed by atoms with Crippen LogP contribution in [0.3, 0.4) is 0 Å². The smallest absolute Gasteiger partial charge is 0.299 e. The van der Waals surface area contributed by atoms with E-state index >= 15 is 0 Å².